The van der Waals surface area contributed by atoms with Gasteiger partial charge in [-0.05, 0) is 26.2 Å². The predicted octanol–water partition coefficient (Wildman–Crippen LogP) is 0.470. The van der Waals surface area contributed by atoms with Crippen LogP contribution < -0.4 is 16.0 Å². The Morgan fingerprint density at radius 2 is 2.04 bits per heavy atom. The Balaban J connectivity index is 2.21. The zero-order valence-corrected chi connectivity index (χ0v) is 14.5. The molecular weight excluding hydrogens is 294 g/mol. The van der Waals surface area contributed by atoms with E-state index in [2.05, 4.69) is 20.9 Å². The number of hydrogen-bond acceptors (Lipinski definition) is 3. The van der Waals surface area contributed by atoms with Crippen molar-refractivity contribution in [2.75, 3.05) is 39.3 Å². The molecule has 0 unspecified atom stereocenters. The molecule has 0 aliphatic carbocycles. The third-order valence-corrected chi connectivity index (χ3v) is 3.59. The molecule has 132 valence electrons. The Morgan fingerprint density at radius 1 is 1.22 bits per heavy atom. The van der Waals surface area contributed by atoms with Crippen LogP contribution in [0.5, 0.6) is 0 Å². The topological polar surface area (TPSA) is 85.8 Å². The van der Waals surface area contributed by atoms with Gasteiger partial charge in [-0.2, -0.15) is 0 Å². The second-order valence-corrected chi connectivity index (χ2v) is 5.63. The van der Waals surface area contributed by atoms with Gasteiger partial charge in [-0.3, -0.25) is 14.6 Å². The summed E-state index contributed by atoms with van der Waals surface area (Å²) in [5.74, 6) is 1.04. The van der Waals surface area contributed by atoms with Gasteiger partial charge in [0, 0.05) is 52.1 Å². The van der Waals surface area contributed by atoms with Gasteiger partial charge in [-0.25, -0.2) is 0 Å². The molecule has 1 aliphatic heterocycles. The summed E-state index contributed by atoms with van der Waals surface area (Å²) in [7, 11) is 0. The van der Waals surface area contributed by atoms with Crippen LogP contribution in [0.2, 0.25) is 0 Å². The highest BCUT2D eigenvalue weighted by Crippen LogP contribution is 2.09. The van der Waals surface area contributed by atoms with Gasteiger partial charge in [-0.1, -0.05) is 6.92 Å². The first kappa shape index (κ1) is 19.3. The van der Waals surface area contributed by atoms with Gasteiger partial charge in [-0.15, -0.1) is 0 Å². The normalized spacial score (nSPS) is 15.0. The van der Waals surface area contributed by atoms with Crippen LogP contribution >= 0.6 is 0 Å². The minimum absolute atomic E-state index is 0.0581. The van der Waals surface area contributed by atoms with Crippen molar-refractivity contribution in [3.63, 3.8) is 0 Å². The van der Waals surface area contributed by atoms with E-state index in [1.54, 1.807) is 0 Å². The highest BCUT2D eigenvalue weighted by atomic mass is 16.2. The largest absolute Gasteiger partial charge is 0.357 e. The van der Waals surface area contributed by atoms with Gasteiger partial charge in [0.1, 0.15) is 0 Å². The van der Waals surface area contributed by atoms with Crippen LogP contribution in [-0.2, 0) is 9.59 Å². The van der Waals surface area contributed by atoms with Crippen LogP contribution in [0.3, 0.4) is 0 Å². The Hall–Kier alpha value is -1.79. The molecule has 0 radical (unpaired) electrons. The van der Waals surface area contributed by atoms with Crippen LogP contribution in [0.1, 0.15) is 46.0 Å². The van der Waals surface area contributed by atoms with Crippen molar-refractivity contribution in [3.8, 4) is 0 Å². The van der Waals surface area contributed by atoms with Gasteiger partial charge in [0.2, 0.25) is 11.8 Å². The van der Waals surface area contributed by atoms with Gasteiger partial charge >= 0.3 is 0 Å². The van der Waals surface area contributed by atoms with Crippen LogP contribution in [0, 0.1) is 0 Å². The first-order valence-corrected chi connectivity index (χ1v) is 8.74. The van der Waals surface area contributed by atoms with Crippen LogP contribution in [-0.4, -0.2) is 61.9 Å². The average molecular weight is 325 g/mol. The summed E-state index contributed by atoms with van der Waals surface area (Å²) in [6.07, 6.45) is 3.91. The standard InChI is InChI=1S/C16H31N5O2/c1-3-9-18-14(22)8-11-20-16(17-4-2)19-10-6-13-21-12-5-7-15(21)23/h3-13H2,1-2H3,(H,18,22)(H2,17,19,20). The number of carbonyl (C=O) groups is 2. The third kappa shape index (κ3) is 8.42. The number of aliphatic imine (C=N–C) groups is 1. The molecule has 0 spiro atoms. The maximum absolute atomic E-state index is 11.5. The Morgan fingerprint density at radius 3 is 2.70 bits per heavy atom. The van der Waals surface area contributed by atoms with E-state index in [9.17, 15) is 9.59 Å². The molecule has 23 heavy (non-hydrogen) atoms. The van der Waals surface area contributed by atoms with Crippen LogP contribution in [0.4, 0.5) is 0 Å². The number of carbonyl (C=O) groups excluding carboxylic acids is 2. The number of rotatable bonds is 10. The van der Waals surface area contributed by atoms with Crippen molar-refractivity contribution in [2.45, 2.75) is 46.0 Å². The average Bonchev–Trinajstić information content (AvgIpc) is 2.94. The zero-order chi connectivity index (χ0) is 16.9. The van der Waals surface area contributed by atoms with E-state index in [4.69, 9.17) is 0 Å². The summed E-state index contributed by atoms with van der Waals surface area (Å²) in [6.45, 7) is 8.43. The predicted molar refractivity (Wildman–Crippen MR) is 92.3 cm³/mol. The summed E-state index contributed by atoms with van der Waals surface area (Å²) in [5, 5.41) is 9.18. The molecule has 2 amide bonds. The summed E-state index contributed by atoms with van der Waals surface area (Å²) < 4.78 is 0. The van der Waals surface area contributed by atoms with Gasteiger partial charge in [0.25, 0.3) is 0 Å². The molecular formula is C16H31N5O2. The molecule has 0 aromatic heterocycles. The maximum Gasteiger partial charge on any atom is 0.222 e. The molecule has 1 saturated heterocycles. The molecule has 0 atom stereocenters. The quantitative estimate of drug-likeness (QED) is 0.310. The first-order valence-electron chi connectivity index (χ1n) is 8.74. The maximum atomic E-state index is 11.5. The molecule has 0 saturated carbocycles. The molecule has 1 rings (SSSR count). The summed E-state index contributed by atoms with van der Waals surface area (Å²) >= 11 is 0. The molecule has 0 bridgehead atoms. The fourth-order valence-corrected chi connectivity index (χ4v) is 2.38. The zero-order valence-electron chi connectivity index (χ0n) is 14.5. The monoisotopic (exact) mass is 325 g/mol. The SMILES string of the molecule is CCCNC(=O)CCNC(=NCCCN1CCCC1=O)NCC. The number of nitrogens with zero attached hydrogens (tertiary/aromatic N) is 2. The van der Waals surface area contributed by atoms with E-state index in [0.29, 0.717) is 25.9 Å². The van der Waals surface area contributed by atoms with E-state index in [1.165, 1.54) is 0 Å². The lowest BCUT2D eigenvalue weighted by atomic mass is 10.3. The van der Waals surface area contributed by atoms with Crippen molar-refractivity contribution >= 4 is 17.8 Å². The molecule has 7 heteroatoms. The highest BCUT2D eigenvalue weighted by Gasteiger charge is 2.18. The third-order valence-electron chi connectivity index (χ3n) is 3.59. The molecule has 1 aliphatic rings. The van der Waals surface area contributed by atoms with Crippen LogP contribution in [0.15, 0.2) is 4.99 Å². The molecule has 1 heterocycles. The lowest BCUT2D eigenvalue weighted by Gasteiger charge is -2.15. The minimum Gasteiger partial charge on any atom is -0.357 e. The first-order chi connectivity index (χ1) is 11.2. The second kappa shape index (κ2) is 11.7. The van der Waals surface area contributed by atoms with E-state index in [0.717, 1.165) is 51.4 Å². The number of amides is 2. The van der Waals surface area contributed by atoms with Crippen molar-refractivity contribution < 1.29 is 9.59 Å². The summed E-state index contributed by atoms with van der Waals surface area (Å²) in [4.78, 5) is 29.4. The van der Waals surface area contributed by atoms with E-state index < -0.39 is 0 Å². The number of likely N-dealkylation sites (tertiary alicyclic amines) is 1. The molecule has 1 fully saturated rings. The van der Waals surface area contributed by atoms with Gasteiger partial charge in [0.15, 0.2) is 5.96 Å². The molecule has 0 aromatic rings. The summed E-state index contributed by atoms with van der Waals surface area (Å²) in [5.41, 5.74) is 0. The Bertz CT molecular complexity index is 398. The summed E-state index contributed by atoms with van der Waals surface area (Å²) in [6, 6.07) is 0. The van der Waals surface area contributed by atoms with Crippen LogP contribution in [0.25, 0.3) is 0 Å². The second-order valence-electron chi connectivity index (χ2n) is 5.63. The Labute approximate surface area is 139 Å². The lowest BCUT2D eigenvalue weighted by molar-refractivity contribution is -0.127. The van der Waals surface area contributed by atoms with E-state index >= 15 is 0 Å². The van der Waals surface area contributed by atoms with Gasteiger partial charge in [0.05, 0.1) is 0 Å². The number of guanidine groups is 1. The highest BCUT2D eigenvalue weighted by molar-refractivity contribution is 5.81. The molecule has 3 N–H and O–H groups in total. The number of hydrogen-bond donors (Lipinski definition) is 3. The molecule has 7 nitrogen and oxygen atoms in total. The fraction of sp³-hybridized carbons (Fsp3) is 0.812. The number of nitrogens with one attached hydrogen (secondary N) is 3. The van der Waals surface area contributed by atoms with Crippen molar-refractivity contribution in [1.29, 1.82) is 0 Å². The Kier molecular flexibility index (Phi) is 9.83. The van der Waals surface area contributed by atoms with Crippen molar-refractivity contribution in [1.82, 2.24) is 20.9 Å². The lowest BCUT2D eigenvalue weighted by Crippen LogP contribution is -2.39. The smallest absolute Gasteiger partial charge is 0.222 e. The fourth-order valence-electron chi connectivity index (χ4n) is 2.38. The molecule has 0 aromatic carbocycles. The van der Waals surface area contributed by atoms with Gasteiger partial charge < -0.3 is 20.9 Å². The van der Waals surface area contributed by atoms with Crippen molar-refractivity contribution in [3.05, 3.63) is 0 Å². The van der Waals surface area contributed by atoms with Crippen molar-refractivity contribution in [2.24, 2.45) is 4.99 Å². The van der Waals surface area contributed by atoms with E-state index in [1.807, 2.05) is 18.7 Å². The van der Waals surface area contributed by atoms with E-state index in [-0.39, 0.29) is 11.8 Å². The minimum atomic E-state index is 0.0581.